The van der Waals surface area contributed by atoms with Gasteiger partial charge in [0, 0.05) is 30.8 Å². The number of benzene rings is 2. The number of nitrogens with one attached hydrogen (secondary N) is 1. The lowest BCUT2D eigenvalue weighted by Gasteiger charge is -2.25. The van der Waals surface area contributed by atoms with Gasteiger partial charge in [-0.05, 0) is 30.8 Å². The maximum Gasteiger partial charge on any atom is 0.307 e. The van der Waals surface area contributed by atoms with E-state index in [1.165, 1.54) is 24.3 Å². The van der Waals surface area contributed by atoms with E-state index in [9.17, 15) is 19.7 Å². The van der Waals surface area contributed by atoms with Gasteiger partial charge < -0.3 is 9.64 Å². The van der Waals surface area contributed by atoms with E-state index in [2.05, 4.69) is 5.32 Å². The number of carbonyl (C=O) groups excluding carboxylic acids is 2. The van der Waals surface area contributed by atoms with E-state index in [1.807, 2.05) is 30.3 Å². The molecule has 0 aliphatic rings. The molecule has 9 heteroatoms. The molecule has 0 aliphatic heterocycles. The zero-order valence-corrected chi connectivity index (χ0v) is 16.7. The van der Waals surface area contributed by atoms with Crippen LogP contribution in [0.3, 0.4) is 0 Å². The van der Waals surface area contributed by atoms with Crippen LogP contribution >= 0.6 is 12.2 Å². The number of hydrogen-bond acceptors (Lipinski definition) is 6. The van der Waals surface area contributed by atoms with E-state index >= 15 is 0 Å². The first-order valence-electron chi connectivity index (χ1n) is 8.95. The minimum Gasteiger partial charge on any atom is -0.466 e. The summed E-state index contributed by atoms with van der Waals surface area (Å²) >= 11 is 5.36. The zero-order valence-electron chi connectivity index (χ0n) is 15.9. The van der Waals surface area contributed by atoms with E-state index in [-0.39, 0.29) is 41.9 Å². The Bertz CT molecular complexity index is 889. The van der Waals surface area contributed by atoms with Crippen molar-refractivity contribution in [3.63, 3.8) is 0 Å². The third-order valence-electron chi connectivity index (χ3n) is 3.93. The van der Waals surface area contributed by atoms with Crippen LogP contribution in [0.5, 0.6) is 0 Å². The van der Waals surface area contributed by atoms with Crippen LogP contribution in [-0.2, 0) is 16.1 Å². The summed E-state index contributed by atoms with van der Waals surface area (Å²) in [4.78, 5) is 36.2. The maximum atomic E-state index is 12.5. The molecule has 29 heavy (non-hydrogen) atoms. The maximum absolute atomic E-state index is 12.5. The predicted octanol–water partition coefficient (Wildman–Crippen LogP) is 3.06. The van der Waals surface area contributed by atoms with E-state index in [0.29, 0.717) is 6.54 Å². The molecule has 0 radical (unpaired) electrons. The van der Waals surface area contributed by atoms with Gasteiger partial charge in [-0.15, -0.1) is 0 Å². The first-order chi connectivity index (χ1) is 13.9. The molecule has 0 fully saturated rings. The monoisotopic (exact) mass is 415 g/mol. The van der Waals surface area contributed by atoms with Crippen molar-refractivity contribution in [2.45, 2.75) is 19.9 Å². The predicted molar refractivity (Wildman–Crippen MR) is 111 cm³/mol. The van der Waals surface area contributed by atoms with E-state index in [4.69, 9.17) is 17.0 Å². The fourth-order valence-electron chi connectivity index (χ4n) is 2.52. The molecule has 2 rings (SSSR count). The molecule has 0 unspecified atom stereocenters. The molecular weight excluding hydrogens is 394 g/mol. The van der Waals surface area contributed by atoms with Gasteiger partial charge in [-0.25, -0.2) is 0 Å². The number of rotatable bonds is 8. The normalized spacial score (nSPS) is 10.1. The molecule has 0 saturated carbocycles. The number of ether oxygens (including phenoxy) is 1. The van der Waals surface area contributed by atoms with Crippen molar-refractivity contribution in [1.82, 2.24) is 10.2 Å². The Morgan fingerprint density at radius 2 is 1.90 bits per heavy atom. The van der Waals surface area contributed by atoms with Gasteiger partial charge in [0.2, 0.25) is 0 Å². The molecule has 8 nitrogen and oxygen atoms in total. The summed E-state index contributed by atoms with van der Waals surface area (Å²) in [6.07, 6.45) is 0.105. The number of nitro benzene ring substituents is 1. The van der Waals surface area contributed by atoms with Crippen LogP contribution in [0, 0.1) is 10.1 Å². The van der Waals surface area contributed by atoms with E-state index in [0.717, 1.165) is 5.56 Å². The van der Waals surface area contributed by atoms with Gasteiger partial charge in [0.05, 0.1) is 18.0 Å². The number of esters is 1. The third kappa shape index (κ3) is 6.96. The highest BCUT2D eigenvalue weighted by Crippen LogP contribution is 2.13. The quantitative estimate of drug-likeness (QED) is 0.306. The Morgan fingerprint density at radius 3 is 2.55 bits per heavy atom. The van der Waals surface area contributed by atoms with Crippen LogP contribution in [0.2, 0.25) is 0 Å². The molecule has 2 aromatic carbocycles. The van der Waals surface area contributed by atoms with Crippen LogP contribution in [0.4, 0.5) is 5.69 Å². The molecule has 0 heterocycles. The van der Waals surface area contributed by atoms with Crippen LogP contribution in [0.1, 0.15) is 29.3 Å². The van der Waals surface area contributed by atoms with Crippen molar-refractivity contribution in [2.75, 3.05) is 13.2 Å². The lowest BCUT2D eigenvalue weighted by molar-refractivity contribution is -0.384. The fraction of sp³-hybridized carbons (Fsp3) is 0.250. The SMILES string of the molecule is CCOC(=O)CCN(Cc1ccccc1)C(=S)NC(=O)c1cccc([N+](=O)[O-])c1. The number of nitrogens with zero attached hydrogens (tertiary/aromatic N) is 2. The smallest absolute Gasteiger partial charge is 0.307 e. The van der Waals surface area contributed by atoms with Gasteiger partial charge in [-0.1, -0.05) is 36.4 Å². The average Bonchev–Trinajstić information content (AvgIpc) is 2.72. The second-order valence-electron chi connectivity index (χ2n) is 6.03. The summed E-state index contributed by atoms with van der Waals surface area (Å²) in [5, 5.41) is 13.6. The van der Waals surface area contributed by atoms with Gasteiger partial charge in [-0.2, -0.15) is 0 Å². The van der Waals surface area contributed by atoms with Crippen LogP contribution in [0.25, 0.3) is 0 Å². The standard InChI is InChI=1S/C20H21N3O5S/c1-2-28-18(24)11-12-22(14-15-7-4-3-5-8-15)20(29)21-19(25)16-9-6-10-17(13-16)23(26)27/h3-10,13H,2,11-12,14H2,1H3,(H,21,25,29). The van der Waals surface area contributed by atoms with Crippen molar-refractivity contribution >= 4 is 34.9 Å². The largest absolute Gasteiger partial charge is 0.466 e. The van der Waals surface area contributed by atoms with Gasteiger partial charge in [-0.3, -0.25) is 25.0 Å². The molecule has 0 bridgehead atoms. The number of non-ortho nitro benzene ring substituents is 1. The summed E-state index contributed by atoms with van der Waals surface area (Å²) < 4.78 is 4.95. The van der Waals surface area contributed by atoms with Crippen LogP contribution < -0.4 is 5.32 Å². The second kappa shape index (κ2) is 10.9. The van der Waals surface area contributed by atoms with Crippen LogP contribution in [-0.4, -0.2) is 40.0 Å². The number of amides is 1. The Balaban J connectivity index is 2.10. The summed E-state index contributed by atoms with van der Waals surface area (Å²) in [6, 6.07) is 14.8. The lowest BCUT2D eigenvalue weighted by atomic mass is 10.2. The summed E-state index contributed by atoms with van der Waals surface area (Å²) in [5.41, 5.74) is 0.877. The highest BCUT2D eigenvalue weighted by atomic mass is 32.1. The zero-order chi connectivity index (χ0) is 21.2. The van der Waals surface area contributed by atoms with Gasteiger partial charge >= 0.3 is 5.97 Å². The minimum atomic E-state index is -0.573. The number of nitro groups is 1. The van der Waals surface area contributed by atoms with Crippen molar-refractivity contribution in [2.24, 2.45) is 0 Å². The molecule has 2 aromatic rings. The first kappa shape index (κ1) is 22.0. The Morgan fingerprint density at radius 1 is 1.17 bits per heavy atom. The summed E-state index contributed by atoms with van der Waals surface area (Å²) in [5.74, 6) is -0.925. The fourth-order valence-corrected chi connectivity index (χ4v) is 2.77. The van der Waals surface area contributed by atoms with Crippen molar-refractivity contribution in [1.29, 1.82) is 0 Å². The third-order valence-corrected chi connectivity index (χ3v) is 4.29. The number of hydrogen-bond donors (Lipinski definition) is 1. The molecule has 0 spiro atoms. The highest BCUT2D eigenvalue weighted by molar-refractivity contribution is 7.80. The van der Waals surface area contributed by atoms with E-state index < -0.39 is 10.8 Å². The van der Waals surface area contributed by atoms with Crippen molar-refractivity contribution < 1.29 is 19.2 Å². The highest BCUT2D eigenvalue weighted by Gasteiger charge is 2.17. The van der Waals surface area contributed by atoms with Gasteiger partial charge in [0.15, 0.2) is 5.11 Å². The van der Waals surface area contributed by atoms with Gasteiger partial charge in [0.1, 0.15) is 0 Å². The molecule has 152 valence electrons. The second-order valence-corrected chi connectivity index (χ2v) is 6.42. The number of carbonyl (C=O) groups is 2. The molecular formula is C20H21N3O5S. The molecule has 0 aliphatic carbocycles. The molecule has 1 amide bonds. The lowest BCUT2D eigenvalue weighted by Crippen LogP contribution is -2.43. The van der Waals surface area contributed by atoms with E-state index in [1.54, 1.807) is 11.8 Å². The molecule has 0 saturated heterocycles. The Labute approximate surface area is 173 Å². The number of thiocarbonyl (C=S) groups is 1. The summed E-state index contributed by atoms with van der Waals surface area (Å²) in [7, 11) is 0. The van der Waals surface area contributed by atoms with Crippen LogP contribution in [0.15, 0.2) is 54.6 Å². The molecule has 0 atom stereocenters. The molecule has 1 N–H and O–H groups in total. The minimum absolute atomic E-state index is 0.105. The topological polar surface area (TPSA) is 102 Å². The van der Waals surface area contributed by atoms with Crippen molar-refractivity contribution in [3.8, 4) is 0 Å². The van der Waals surface area contributed by atoms with Gasteiger partial charge in [0.25, 0.3) is 11.6 Å². The van der Waals surface area contributed by atoms with Crippen molar-refractivity contribution in [3.05, 3.63) is 75.8 Å². The first-order valence-corrected chi connectivity index (χ1v) is 9.35. The Hall–Kier alpha value is -3.33. The Kier molecular flexibility index (Phi) is 8.23. The summed E-state index contributed by atoms with van der Waals surface area (Å²) in [6.45, 7) is 2.64. The molecule has 0 aromatic heterocycles. The average molecular weight is 415 g/mol.